The Morgan fingerprint density at radius 3 is 2.66 bits per heavy atom. The molecule has 0 amide bonds. The molecular weight excluding hydrogens is 364 g/mol. The first kappa shape index (κ1) is 20.5. The van der Waals surface area contributed by atoms with Crippen LogP contribution in [-0.2, 0) is 6.54 Å². The van der Waals surface area contributed by atoms with Crippen LogP contribution in [0.2, 0.25) is 0 Å². The molecule has 0 radical (unpaired) electrons. The summed E-state index contributed by atoms with van der Waals surface area (Å²) in [5.41, 5.74) is 2.00. The van der Waals surface area contributed by atoms with Crippen LogP contribution in [0, 0.1) is 5.92 Å². The Hall–Kier alpha value is -1.73. The molecule has 4 rings (SSSR count). The number of likely N-dealkylation sites (tertiary alicyclic amines) is 1. The second-order valence-corrected chi connectivity index (χ2v) is 8.60. The normalized spacial score (nSPS) is 24.8. The van der Waals surface area contributed by atoms with E-state index in [9.17, 15) is 5.11 Å². The van der Waals surface area contributed by atoms with Gasteiger partial charge in [-0.3, -0.25) is 9.80 Å². The Bertz CT molecular complexity index is 742. The monoisotopic (exact) mass is 398 g/mol. The molecule has 0 saturated carbocycles. The summed E-state index contributed by atoms with van der Waals surface area (Å²) in [6.45, 7) is 7.91. The molecule has 2 aromatic rings. The van der Waals surface area contributed by atoms with E-state index in [1.165, 1.54) is 19.5 Å². The minimum absolute atomic E-state index is 0.286. The predicted octanol–water partition coefficient (Wildman–Crippen LogP) is 2.55. The molecule has 1 aromatic carbocycles. The van der Waals surface area contributed by atoms with E-state index in [0.29, 0.717) is 12.0 Å². The average Bonchev–Trinajstić information content (AvgIpc) is 3.22. The molecule has 2 fully saturated rings. The summed E-state index contributed by atoms with van der Waals surface area (Å²) in [5.74, 6) is 1.54. The first-order valence-corrected chi connectivity index (χ1v) is 11.0. The Labute approximate surface area is 174 Å². The van der Waals surface area contributed by atoms with Crippen LogP contribution in [0.1, 0.15) is 25.0 Å². The summed E-state index contributed by atoms with van der Waals surface area (Å²) in [5, 5.41) is 13.7. The fourth-order valence-corrected chi connectivity index (χ4v) is 4.86. The van der Waals surface area contributed by atoms with Gasteiger partial charge in [0.2, 0.25) is 0 Å². The van der Waals surface area contributed by atoms with Gasteiger partial charge in [-0.25, -0.2) is 0 Å². The van der Waals surface area contributed by atoms with Crippen molar-refractivity contribution < 1.29 is 9.63 Å². The van der Waals surface area contributed by atoms with E-state index in [2.05, 4.69) is 45.1 Å². The van der Waals surface area contributed by atoms with Gasteiger partial charge in [0.1, 0.15) is 5.69 Å². The fourth-order valence-electron chi connectivity index (χ4n) is 4.86. The van der Waals surface area contributed by atoms with Gasteiger partial charge in [0, 0.05) is 63.5 Å². The van der Waals surface area contributed by atoms with E-state index in [4.69, 9.17) is 4.52 Å². The van der Waals surface area contributed by atoms with Crippen molar-refractivity contribution in [2.75, 3.05) is 52.9 Å². The number of nitrogens with zero attached hydrogens (tertiary/aromatic N) is 4. The lowest BCUT2D eigenvalue weighted by Gasteiger charge is -2.46. The highest BCUT2D eigenvalue weighted by atomic mass is 16.5. The molecule has 3 heterocycles. The van der Waals surface area contributed by atoms with E-state index in [-0.39, 0.29) is 6.61 Å². The molecule has 158 valence electrons. The molecule has 2 aliphatic heterocycles. The third kappa shape index (κ3) is 5.25. The minimum Gasteiger partial charge on any atom is -0.396 e. The summed E-state index contributed by atoms with van der Waals surface area (Å²) in [7, 11) is 2.21. The standard InChI is InChI=1S/C23H34N4O2/c1-25-11-13-27(14-12-25)23-9-10-26(17-20(23)8-5-15-28)18-21-16-22(24-29-21)19-6-3-2-4-7-19/h2-4,6-7,16,20,23,28H,5,8-15,17-18H2,1H3/t20-,23+/m0/s1. The lowest BCUT2D eigenvalue weighted by atomic mass is 9.86. The molecule has 1 N–H and O–H groups in total. The van der Waals surface area contributed by atoms with Crippen LogP contribution in [0.3, 0.4) is 0 Å². The zero-order chi connectivity index (χ0) is 20.1. The van der Waals surface area contributed by atoms with E-state index in [1.807, 2.05) is 18.2 Å². The van der Waals surface area contributed by atoms with Gasteiger partial charge in [0.25, 0.3) is 0 Å². The van der Waals surface area contributed by atoms with Crippen LogP contribution in [0.5, 0.6) is 0 Å². The van der Waals surface area contributed by atoms with Crippen molar-refractivity contribution in [3.63, 3.8) is 0 Å². The number of benzene rings is 1. The SMILES string of the molecule is CN1CCN([C@@H]2CCN(Cc3cc(-c4ccccc4)no3)C[C@@H]2CCCO)CC1. The first-order chi connectivity index (χ1) is 14.2. The fraction of sp³-hybridized carbons (Fsp3) is 0.609. The quantitative estimate of drug-likeness (QED) is 0.774. The van der Waals surface area contributed by atoms with Gasteiger partial charge in [-0.1, -0.05) is 35.5 Å². The van der Waals surface area contributed by atoms with Crippen molar-refractivity contribution >= 4 is 0 Å². The highest BCUT2D eigenvalue weighted by Crippen LogP contribution is 2.28. The Morgan fingerprint density at radius 1 is 1.10 bits per heavy atom. The van der Waals surface area contributed by atoms with Crippen molar-refractivity contribution in [3.8, 4) is 11.3 Å². The Kier molecular flexibility index (Phi) is 6.98. The molecule has 0 bridgehead atoms. The summed E-state index contributed by atoms with van der Waals surface area (Å²) in [4.78, 5) is 7.62. The third-order valence-corrected chi connectivity index (χ3v) is 6.53. The zero-order valence-electron chi connectivity index (χ0n) is 17.5. The van der Waals surface area contributed by atoms with Crippen LogP contribution in [0.4, 0.5) is 0 Å². The highest BCUT2D eigenvalue weighted by Gasteiger charge is 2.34. The summed E-state index contributed by atoms with van der Waals surface area (Å²) < 4.78 is 5.65. The predicted molar refractivity (Wildman–Crippen MR) is 115 cm³/mol. The Balaban J connectivity index is 1.38. The maximum absolute atomic E-state index is 9.38. The largest absolute Gasteiger partial charge is 0.396 e. The topological polar surface area (TPSA) is 56.0 Å². The zero-order valence-corrected chi connectivity index (χ0v) is 17.5. The molecule has 2 saturated heterocycles. The lowest BCUT2D eigenvalue weighted by Crippen LogP contribution is -2.56. The maximum atomic E-state index is 9.38. The van der Waals surface area contributed by atoms with Crippen LogP contribution >= 0.6 is 0 Å². The lowest BCUT2D eigenvalue weighted by molar-refractivity contribution is 0.0189. The number of piperazine rings is 1. The molecule has 29 heavy (non-hydrogen) atoms. The van der Waals surface area contributed by atoms with Gasteiger partial charge in [-0.15, -0.1) is 0 Å². The first-order valence-electron chi connectivity index (χ1n) is 11.0. The summed E-state index contributed by atoms with van der Waals surface area (Å²) in [6.07, 6.45) is 3.18. The number of hydrogen-bond donors (Lipinski definition) is 1. The number of aliphatic hydroxyl groups is 1. The molecule has 1 aromatic heterocycles. The summed E-state index contributed by atoms with van der Waals surface area (Å²) in [6, 6.07) is 12.9. The number of aliphatic hydroxyl groups excluding tert-OH is 1. The molecule has 6 nitrogen and oxygen atoms in total. The molecule has 0 unspecified atom stereocenters. The number of aromatic nitrogens is 1. The van der Waals surface area contributed by atoms with Crippen LogP contribution < -0.4 is 0 Å². The molecule has 6 heteroatoms. The van der Waals surface area contributed by atoms with Gasteiger partial charge >= 0.3 is 0 Å². The number of piperidine rings is 1. The van der Waals surface area contributed by atoms with Gasteiger partial charge in [-0.05, 0) is 32.2 Å². The number of hydrogen-bond acceptors (Lipinski definition) is 6. The Morgan fingerprint density at radius 2 is 1.90 bits per heavy atom. The van der Waals surface area contributed by atoms with Crippen molar-refractivity contribution in [3.05, 3.63) is 42.2 Å². The van der Waals surface area contributed by atoms with E-state index in [0.717, 1.165) is 62.6 Å². The van der Waals surface area contributed by atoms with Crippen LogP contribution in [0.15, 0.2) is 40.9 Å². The minimum atomic E-state index is 0.286. The molecule has 0 aliphatic carbocycles. The van der Waals surface area contributed by atoms with Crippen LogP contribution in [0.25, 0.3) is 11.3 Å². The third-order valence-electron chi connectivity index (χ3n) is 6.53. The van der Waals surface area contributed by atoms with Gasteiger partial charge < -0.3 is 14.5 Å². The van der Waals surface area contributed by atoms with Crippen LogP contribution in [-0.4, -0.2) is 83.9 Å². The van der Waals surface area contributed by atoms with Crippen molar-refractivity contribution in [1.82, 2.24) is 19.9 Å². The van der Waals surface area contributed by atoms with Gasteiger partial charge in [0.15, 0.2) is 5.76 Å². The molecular formula is C23H34N4O2. The second-order valence-electron chi connectivity index (χ2n) is 8.60. The number of rotatable bonds is 7. The van der Waals surface area contributed by atoms with E-state index >= 15 is 0 Å². The van der Waals surface area contributed by atoms with Gasteiger partial charge in [-0.2, -0.15) is 0 Å². The smallest absolute Gasteiger partial charge is 0.151 e. The summed E-state index contributed by atoms with van der Waals surface area (Å²) >= 11 is 0. The molecule has 0 spiro atoms. The van der Waals surface area contributed by atoms with Crippen molar-refractivity contribution in [2.24, 2.45) is 5.92 Å². The highest BCUT2D eigenvalue weighted by molar-refractivity contribution is 5.58. The van der Waals surface area contributed by atoms with Gasteiger partial charge in [0.05, 0.1) is 6.54 Å². The van der Waals surface area contributed by atoms with Crippen molar-refractivity contribution in [2.45, 2.75) is 31.8 Å². The molecule has 2 atom stereocenters. The van der Waals surface area contributed by atoms with E-state index < -0.39 is 0 Å². The van der Waals surface area contributed by atoms with Crippen molar-refractivity contribution in [1.29, 1.82) is 0 Å². The average molecular weight is 399 g/mol. The number of likely N-dealkylation sites (N-methyl/N-ethyl adjacent to an activating group) is 1. The maximum Gasteiger partial charge on any atom is 0.151 e. The second kappa shape index (κ2) is 9.85. The molecule has 2 aliphatic rings. The van der Waals surface area contributed by atoms with E-state index in [1.54, 1.807) is 0 Å².